The normalized spacial score (nSPS) is 17.0. The number of nitrogens with one attached hydrogen (secondary N) is 1. The zero-order chi connectivity index (χ0) is 15.0. The SMILES string of the molecule is CC1=C(C)CC(C(=O)Nc2ccccc2)CC1.O=[C-]O.[Na+]. The molecule has 0 heterocycles. The zero-order valence-corrected chi connectivity index (χ0v) is 14.8. The molecule has 1 amide bonds. The summed E-state index contributed by atoms with van der Waals surface area (Å²) >= 11 is 0. The molecule has 0 spiro atoms. The van der Waals surface area contributed by atoms with Crippen LogP contribution in [-0.2, 0) is 9.59 Å². The first-order valence-electron chi connectivity index (χ1n) is 6.60. The zero-order valence-electron chi connectivity index (χ0n) is 12.8. The first-order chi connectivity index (χ1) is 9.58. The van der Waals surface area contributed by atoms with Crippen LogP contribution in [0, 0.1) is 5.92 Å². The Morgan fingerprint density at radius 1 is 1.24 bits per heavy atom. The van der Waals surface area contributed by atoms with Crippen molar-refractivity contribution in [2.45, 2.75) is 33.1 Å². The number of carbonyl (C=O) groups excluding carboxylic acids is 1. The average Bonchev–Trinajstić information content (AvgIpc) is 2.44. The molecule has 2 rings (SSSR count). The van der Waals surface area contributed by atoms with Gasteiger partial charge in [-0.1, -0.05) is 35.8 Å². The van der Waals surface area contributed by atoms with Crippen molar-refractivity contribution in [3.05, 3.63) is 41.5 Å². The summed E-state index contributed by atoms with van der Waals surface area (Å²) in [7, 11) is 0. The molecular formula is C16H20NNaO3. The van der Waals surface area contributed by atoms with Crippen LogP contribution in [-0.4, -0.2) is 17.5 Å². The van der Waals surface area contributed by atoms with Crippen LogP contribution in [0.15, 0.2) is 41.5 Å². The van der Waals surface area contributed by atoms with Crippen LogP contribution in [0.25, 0.3) is 0 Å². The average molecular weight is 297 g/mol. The van der Waals surface area contributed by atoms with Crippen LogP contribution in [0.3, 0.4) is 0 Å². The van der Waals surface area contributed by atoms with E-state index in [1.807, 2.05) is 30.3 Å². The summed E-state index contributed by atoms with van der Waals surface area (Å²) in [6.07, 6.45) is 2.94. The molecule has 0 fully saturated rings. The van der Waals surface area contributed by atoms with Gasteiger partial charge in [-0.05, 0) is 45.2 Å². The van der Waals surface area contributed by atoms with Crippen molar-refractivity contribution < 1.29 is 44.3 Å². The number of amides is 1. The molecular weight excluding hydrogens is 277 g/mol. The number of anilines is 1. The number of aliphatic hydroxyl groups excluding tert-OH is 1. The van der Waals surface area contributed by atoms with Gasteiger partial charge >= 0.3 is 29.6 Å². The molecule has 0 aliphatic heterocycles. The Hall–Kier alpha value is -1.10. The molecule has 1 unspecified atom stereocenters. The van der Waals surface area contributed by atoms with E-state index in [4.69, 9.17) is 9.90 Å². The quantitative estimate of drug-likeness (QED) is 0.471. The second-order valence-electron chi connectivity index (χ2n) is 4.95. The van der Waals surface area contributed by atoms with Crippen molar-refractivity contribution >= 4 is 18.1 Å². The van der Waals surface area contributed by atoms with E-state index in [1.54, 1.807) is 0 Å². The Labute approximate surface area is 147 Å². The maximum absolute atomic E-state index is 12.1. The Morgan fingerprint density at radius 3 is 2.33 bits per heavy atom. The number of para-hydroxylation sites is 1. The predicted octanol–water partition coefficient (Wildman–Crippen LogP) is 0.377. The molecule has 1 atom stereocenters. The third-order valence-electron chi connectivity index (χ3n) is 3.56. The first kappa shape index (κ1) is 19.9. The van der Waals surface area contributed by atoms with Gasteiger partial charge in [-0.2, -0.15) is 0 Å². The van der Waals surface area contributed by atoms with Gasteiger partial charge in [0.25, 0.3) is 0 Å². The number of hydrogen-bond acceptors (Lipinski definition) is 2. The van der Waals surface area contributed by atoms with E-state index in [0.29, 0.717) is 6.47 Å². The summed E-state index contributed by atoms with van der Waals surface area (Å²) in [6, 6.07) is 9.67. The monoisotopic (exact) mass is 297 g/mol. The topological polar surface area (TPSA) is 66.4 Å². The smallest absolute Gasteiger partial charge is 0.665 e. The van der Waals surface area contributed by atoms with E-state index in [1.165, 1.54) is 11.1 Å². The molecule has 1 aromatic carbocycles. The van der Waals surface area contributed by atoms with Gasteiger partial charge < -0.3 is 15.2 Å². The van der Waals surface area contributed by atoms with E-state index < -0.39 is 0 Å². The molecule has 0 bridgehead atoms. The summed E-state index contributed by atoms with van der Waals surface area (Å²) in [5.41, 5.74) is 3.72. The molecule has 21 heavy (non-hydrogen) atoms. The maximum atomic E-state index is 12.1. The fourth-order valence-electron chi connectivity index (χ4n) is 2.24. The number of allylic oxidation sites excluding steroid dienone is 2. The summed E-state index contributed by atoms with van der Waals surface area (Å²) in [5.74, 6) is 0.293. The van der Waals surface area contributed by atoms with E-state index in [-0.39, 0.29) is 41.4 Å². The van der Waals surface area contributed by atoms with Gasteiger partial charge in [0.15, 0.2) is 0 Å². The van der Waals surface area contributed by atoms with Gasteiger partial charge in [-0.25, -0.2) is 0 Å². The van der Waals surface area contributed by atoms with E-state index in [0.717, 1.165) is 24.9 Å². The van der Waals surface area contributed by atoms with E-state index in [9.17, 15) is 4.79 Å². The number of benzene rings is 1. The molecule has 1 aliphatic carbocycles. The number of rotatable bonds is 2. The van der Waals surface area contributed by atoms with Crippen molar-refractivity contribution in [1.29, 1.82) is 0 Å². The molecule has 0 radical (unpaired) electrons. The number of carbonyl (C=O) groups is 1. The minimum Gasteiger partial charge on any atom is -0.665 e. The minimum absolute atomic E-state index is 0. The Kier molecular flexibility index (Phi) is 10.0. The van der Waals surface area contributed by atoms with Crippen molar-refractivity contribution in [3.63, 3.8) is 0 Å². The van der Waals surface area contributed by atoms with Crippen LogP contribution < -0.4 is 34.9 Å². The predicted molar refractivity (Wildman–Crippen MR) is 79.1 cm³/mol. The molecule has 0 saturated heterocycles. The molecule has 4 nitrogen and oxygen atoms in total. The molecule has 1 aliphatic rings. The van der Waals surface area contributed by atoms with Gasteiger partial charge in [0.1, 0.15) is 0 Å². The minimum atomic E-state index is 0. The van der Waals surface area contributed by atoms with Crippen LogP contribution >= 0.6 is 0 Å². The van der Waals surface area contributed by atoms with Gasteiger partial charge in [-0.15, -0.1) is 0 Å². The third kappa shape index (κ3) is 6.93. The van der Waals surface area contributed by atoms with Crippen LogP contribution in [0.2, 0.25) is 0 Å². The van der Waals surface area contributed by atoms with Crippen LogP contribution in [0.1, 0.15) is 33.1 Å². The second kappa shape index (κ2) is 10.6. The maximum Gasteiger partial charge on any atom is 1.00 e. The summed E-state index contributed by atoms with van der Waals surface area (Å²) in [5, 5.41) is 9.75. The fourth-order valence-corrected chi connectivity index (χ4v) is 2.24. The fraction of sp³-hybridized carbons (Fsp3) is 0.375. The van der Waals surface area contributed by atoms with Gasteiger partial charge in [0.2, 0.25) is 5.91 Å². The Bertz CT molecular complexity index is 486. The molecule has 5 heteroatoms. The second-order valence-corrected chi connectivity index (χ2v) is 4.95. The molecule has 0 saturated carbocycles. The largest absolute Gasteiger partial charge is 1.00 e. The summed E-state index contributed by atoms with van der Waals surface area (Å²) in [4.78, 5) is 20.3. The van der Waals surface area contributed by atoms with E-state index in [2.05, 4.69) is 19.2 Å². The number of hydrogen-bond donors (Lipinski definition) is 2. The first-order valence-corrected chi connectivity index (χ1v) is 6.60. The van der Waals surface area contributed by atoms with Gasteiger partial charge in [0.05, 0.1) is 0 Å². The molecule has 1 aromatic rings. The molecule has 0 aromatic heterocycles. The van der Waals surface area contributed by atoms with Gasteiger partial charge in [0, 0.05) is 11.6 Å². The third-order valence-corrected chi connectivity index (χ3v) is 3.56. The van der Waals surface area contributed by atoms with Crippen molar-refractivity contribution in [3.8, 4) is 0 Å². The Balaban J connectivity index is 0.000000922. The van der Waals surface area contributed by atoms with Crippen LogP contribution in [0.4, 0.5) is 5.69 Å². The van der Waals surface area contributed by atoms with Crippen molar-refractivity contribution in [2.24, 2.45) is 5.92 Å². The van der Waals surface area contributed by atoms with E-state index >= 15 is 0 Å². The standard InChI is InChI=1S/C15H19NO.CHO2.Na/c1-11-8-9-13(10-12(11)2)15(17)16-14-6-4-3-5-7-14;2-1-3;/h3-7,13H,8-10H2,1-2H3,(H,16,17);(H,2,3);/q;-1;+1. The van der Waals surface area contributed by atoms with Crippen molar-refractivity contribution in [1.82, 2.24) is 0 Å². The van der Waals surface area contributed by atoms with Gasteiger partial charge in [-0.3, -0.25) is 4.79 Å². The summed E-state index contributed by atoms with van der Waals surface area (Å²) < 4.78 is 0. The van der Waals surface area contributed by atoms with Crippen LogP contribution in [0.5, 0.6) is 0 Å². The van der Waals surface area contributed by atoms with Crippen molar-refractivity contribution in [2.75, 3.05) is 5.32 Å². The molecule has 2 N–H and O–H groups in total. The Morgan fingerprint density at radius 2 is 1.81 bits per heavy atom. The summed E-state index contributed by atoms with van der Waals surface area (Å²) in [6.45, 7) is 4.80. The molecule has 108 valence electrons.